The van der Waals surface area contributed by atoms with Gasteiger partial charge in [-0.05, 0) is 74.1 Å². The molecule has 4 rings (SSSR count). The molecular formula is C34H49N2O14PS. The first-order valence-electron chi connectivity index (χ1n) is 17.0. The van der Waals surface area contributed by atoms with Gasteiger partial charge in [0.15, 0.2) is 12.4 Å². The van der Waals surface area contributed by atoms with E-state index in [1.165, 1.54) is 23.5 Å². The van der Waals surface area contributed by atoms with E-state index in [0.29, 0.717) is 24.5 Å². The predicted molar refractivity (Wildman–Crippen MR) is 187 cm³/mol. The smallest absolute Gasteiger partial charge is 0.407 e. The third-order valence-electron chi connectivity index (χ3n) is 8.39. The summed E-state index contributed by atoms with van der Waals surface area (Å²) in [6.07, 6.45) is -2.25. The number of methoxy groups -OCH3 is 1. The minimum Gasteiger partial charge on any atom is -0.497 e. The van der Waals surface area contributed by atoms with Crippen LogP contribution in [0, 0.1) is 11.8 Å². The Morgan fingerprint density at radius 2 is 1.73 bits per heavy atom. The summed E-state index contributed by atoms with van der Waals surface area (Å²) in [5.74, 6) is -0.347. The largest absolute Gasteiger partial charge is 0.497 e. The Hall–Kier alpha value is -3.28. The number of rotatable bonds is 21. The van der Waals surface area contributed by atoms with Gasteiger partial charge in [-0.2, -0.15) is 4.31 Å². The zero-order valence-electron chi connectivity index (χ0n) is 29.8. The molecular weight excluding hydrogens is 723 g/mol. The maximum Gasteiger partial charge on any atom is 0.407 e. The lowest BCUT2D eigenvalue weighted by Gasteiger charge is -2.27. The molecule has 2 saturated heterocycles. The first-order chi connectivity index (χ1) is 24.7. The molecule has 52 heavy (non-hydrogen) atoms. The topological polar surface area (TPSA) is 206 Å². The van der Waals surface area contributed by atoms with Gasteiger partial charge in [0.25, 0.3) is 0 Å². The van der Waals surface area contributed by atoms with Crippen LogP contribution < -0.4 is 14.8 Å². The van der Waals surface area contributed by atoms with Crippen molar-refractivity contribution in [1.29, 1.82) is 0 Å². The van der Waals surface area contributed by atoms with E-state index in [0.717, 1.165) is 18.9 Å². The quantitative estimate of drug-likeness (QED) is 0.122. The minimum absolute atomic E-state index is 0.0356. The molecule has 1 unspecified atom stereocenters. The highest BCUT2D eigenvalue weighted by molar-refractivity contribution is 7.89. The van der Waals surface area contributed by atoms with Crippen molar-refractivity contribution < 1.29 is 65.5 Å². The van der Waals surface area contributed by atoms with Gasteiger partial charge in [-0.15, -0.1) is 0 Å². The number of hydrogen-bond acceptors (Lipinski definition) is 12. The van der Waals surface area contributed by atoms with Crippen LogP contribution in [0.3, 0.4) is 0 Å². The Morgan fingerprint density at radius 1 is 1.04 bits per heavy atom. The fourth-order valence-electron chi connectivity index (χ4n) is 5.75. The normalized spacial score (nSPS) is 20.9. The van der Waals surface area contributed by atoms with Gasteiger partial charge in [0.1, 0.15) is 30.6 Å². The predicted octanol–water partition coefficient (Wildman–Crippen LogP) is 3.86. The molecule has 16 nitrogen and oxygen atoms in total. The van der Waals surface area contributed by atoms with E-state index in [-0.39, 0.29) is 62.4 Å². The Balaban J connectivity index is 1.38. The molecule has 2 heterocycles. The number of amides is 1. The number of alkyl carbamates (subject to hydrolysis) is 1. The Kier molecular flexibility index (Phi) is 15.3. The van der Waals surface area contributed by atoms with Gasteiger partial charge in [-0.1, -0.05) is 26.0 Å². The number of sulfonamides is 1. The van der Waals surface area contributed by atoms with E-state index in [9.17, 15) is 27.5 Å². The zero-order chi connectivity index (χ0) is 37.9. The standard InChI is InChI=1S/C34H49N2O14PS/c1-23(2)20-36(52(42,43)29-11-9-27(44-4)10-12-29)15-13-26(35-34(39)49-31-21-48-33-30(31)14-16-47-33)19-25-5-7-28(8-6-25)46-18-17-45-22-51(40,41)50-24(3)32(37)38/h5-12,23-24,26,30-31,33H,13-22H2,1-4H3,(H,35,39)(H,37,38)(H,40,41)/t24-,26+,30-,31-,33+/m0/s1. The number of carbonyl (C=O) groups is 2. The number of nitrogens with zero attached hydrogens (tertiary/aromatic N) is 1. The Labute approximate surface area is 304 Å². The number of nitrogens with one attached hydrogen (secondary N) is 1. The van der Waals surface area contributed by atoms with Crippen LogP contribution in [0.5, 0.6) is 11.5 Å². The van der Waals surface area contributed by atoms with Crippen LogP contribution in [-0.4, -0.2) is 112 Å². The molecule has 6 atom stereocenters. The second kappa shape index (κ2) is 19.2. The maximum atomic E-state index is 13.7. The van der Waals surface area contributed by atoms with E-state index < -0.39 is 54.3 Å². The van der Waals surface area contributed by atoms with Gasteiger partial charge in [0, 0.05) is 19.1 Å². The van der Waals surface area contributed by atoms with Crippen molar-refractivity contribution in [2.45, 2.75) is 69.5 Å². The summed E-state index contributed by atoms with van der Waals surface area (Å²) in [4.78, 5) is 33.9. The summed E-state index contributed by atoms with van der Waals surface area (Å²) in [5.41, 5.74) is 0.835. The van der Waals surface area contributed by atoms with Crippen molar-refractivity contribution in [3.05, 3.63) is 54.1 Å². The molecule has 0 spiro atoms. The van der Waals surface area contributed by atoms with Gasteiger partial charge in [-0.3, -0.25) is 9.09 Å². The number of hydrogen-bond donors (Lipinski definition) is 3. The van der Waals surface area contributed by atoms with Crippen molar-refractivity contribution in [2.24, 2.45) is 11.8 Å². The minimum atomic E-state index is -4.26. The van der Waals surface area contributed by atoms with Gasteiger partial charge in [0.2, 0.25) is 10.0 Å². The van der Waals surface area contributed by atoms with Crippen LogP contribution in [0.2, 0.25) is 0 Å². The van der Waals surface area contributed by atoms with E-state index in [2.05, 4.69) is 9.84 Å². The van der Waals surface area contributed by atoms with Crippen molar-refractivity contribution in [2.75, 3.05) is 53.0 Å². The molecule has 2 aromatic rings. The number of fused-ring (bicyclic) bond motifs is 1. The number of benzene rings is 2. The Morgan fingerprint density at radius 3 is 2.38 bits per heavy atom. The highest BCUT2D eigenvalue weighted by Gasteiger charge is 2.44. The second-order valence-corrected chi connectivity index (χ2v) is 16.7. The average Bonchev–Trinajstić information content (AvgIpc) is 3.72. The van der Waals surface area contributed by atoms with Crippen LogP contribution in [0.1, 0.15) is 39.2 Å². The molecule has 2 fully saturated rings. The first-order valence-corrected chi connectivity index (χ1v) is 20.2. The highest BCUT2D eigenvalue weighted by atomic mass is 32.2. The van der Waals surface area contributed by atoms with Crippen LogP contribution in [-0.2, 0) is 49.3 Å². The van der Waals surface area contributed by atoms with Crippen molar-refractivity contribution in [1.82, 2.24) is 9.62 Å². The lowest BCUT2D eigenvalue weighted by Crippen LogP contribution is -2.43. The monoisotopic (exact) mass is 772 g/mol. The summed E-state index contributed by atoms with van der Waals surface area (Å²) >= 11 is 0. The number of carboxylic acids is 1. The van der Waals surface area contributed by atoms with Gasteiger partial charge in [0.05, 0.1) is 37.7 Å². The third-order valence-corrected chi connectivity index (χ3v) is 11.4. The summed E-state index contributed by atoms with van der Waals surface area (Å²) in [5, 5.41) is 11.8. The van der Waals surface area contributed by atoms with Crippen LogP contribution in [0.4, 0.5) is 4.79 Å². The summed E-state index contributed by atoms with van der Waals surface area (Å²) in [7, 11) is -6.61. The molecule has 290 valence electrons. The molecule has 0 bridgehead atoms. The summed E-state index contributed by atoms with van der Waals surface area (Å²) in [6, 6.07) is 12.8. The van der Waals surface area contributed by atoms with Crippen LogP contribution in [0.15, 0.2) is 53.4 Å². The van der Waals surface area contributed by atoms with Crippen molar-refractivity contribution in [3.8, 4) is 11.5 Å². The fourth-order valence-corrected chi connectivity index (χ4v) is 8.37. The number of aliphatic carboxylic acids is 1. The summed E-state index contributed by atoms with van der Waals surface area (Å²) < 4.78 is 78.4. The molecule has 2 aliphatic heterocycles. The third kappa shape index (κ3) is 12.4. The Bertz CT molecular complexity index is 1610. The highest BCUT2D eigenvalue weighted by Crippen LogP contribution is 2.43. The second-order valence-electron chi connectivity index (χ2n) is 13.0. The van der Waals surface area contributed by atoms with E-state index in [1.807, 2.05) is 26.0 Å². The average molecular weight is 773 g/mol. The SMILES string of the molecule is COc1ccc(S(=O)(=O)N(CC[C@H](Cc2ccc(OCCOCP(=O)(O)O[C@@H](C)C(=O)O)cc2)NC(=O)O[C@H]2CO[C@H]3OCC[C@H]32)CC(C)C)cc1. The lowest BCUT2D eigenvalue weighted by atomic mass is 10.0. The summed E-state index contributed by atoms with van der Waals surface area (Å²) in [6.45, 7) is 6.17. The van der Waals surface area contributed by atoms with E-state index in [4.69, 9.17) is 33.5 Å². The molecule has 0 radical (unpaired) electrons. The molecule has 1 amide bonds. The first kappa shape index (κ1) is 41.5. The number of ether oxygens (including phenoxy) is 6. The molecule has 2 aliphatic rings. The van der Waals surface area contributed by atoms with E-state index in [1.54, 1.807) is 24.3 Å². The molecule has 0 saturated carbocycles. The van der Waals surface area contributed by atoms with Crippen LogP contribution >= 0.6 is 7.60 Å². The van der Waals surface area contributed by atoms with Crippen molar-refractivity contribution in [3.63, 3.8) is 0 Å². The zero-order valence-corrected chi connectivity index (χ0v) is 31.5. The number of carboxylic acid groups (broad SMARTS) is 1. The van der Waals surface area contributed by atoms with Gasteiger partial charge in [-0.25, -0.2) is 18.0 Å². The molecule has 2 aromatic carbocycles. The van der Waals surface area contributed by atoms with Crippen LogP contribution in [0.25, 0.3) is 0 Å². The van der Waals surface area contributed by atoms with Gasteiger partial charge >= 0.3 is 19.7 Å². The lowest BCUT2D eigenvalue weighted by molar-refractivity contribution is -0.144. The maximum absolute atomic E-state index is 13.7. The fraction of sp³-hybridized carbons (Fsp3) is 0.588. The van der Waals surface area contributed by atoms with Gasteiger partial charge < -0.3 is 43.7 Å². The number of carbonyl (C=O) groups excluding carboxylic acids is 1. The molecule has 3 N–H and O–H groups in total. The van der Waals surface area contributed by atoms with E-state index >= 15 is 0 Å². The molecule has 0 aromatic heterocycles. The molecule has 18 heteroatoms. The van der Waals surface area contributed by atoms with Crippen molar-refractivity contribution >= 4 is 29.7 Å². The molecule has 0 aliphatic carbocycles.